The molecule has 0 aliphatic heterocycles. The largest absolute Gasteiger partial charge is 0.481 e. The van der Waals surface area contributed by atoms with Gasteiger partial charge in [0.1, 0.15) is 12.6 Å². The second-order valence-electron chi connectivity index (χ2n) is 8.16. The first-order chi connectivity index (χ1) is 17.0. The SMILES string of the molecule is O=C(O)CSCCNC(=O)C(Cc1ccc[nH]1)NC(=O)OCC1c2ccccc2-c2ccccc21. The maximum absolute atomic E-state index is 12.8. The number of hydrogen-bond donors (Lipinski definition) is 4. The standard InChI is InChI=1S/C26H27N3O5S/c30-24(31)16-35-13-12-28-25(32)23(14-17-6-5-11-27-17)29-26(33)34-15-22-20-9-3-1-7-18(20)19-8-2-4-10-21(19)22/h1-11,22-23,27H,12-16H2,(H,28,32)(H,29,33)(H,30,31). The van der Waals surface area contributed by atoms with Crippen LogP contribution in [0.4, 0.5) is 4.79 Å². The third kappa shape index (κ3) is 6.24. The Morgan fingerprint density at radius 3 is 2.31 bits per heavy atom. The van der Waals surface area contributed by atoms with Crippen molar-refractivity contribution in [3.63, 3.8) is 0 Å². The first-order valence-electron chi connectivity index (χ1n) is 11.3. The Kier molecular flexibility index (Phi) is 8.10. The van der Waals surface area contributed by atoms with Crippen LogP contribution in [-0.4, -0.2) is 58.8 Å². The van der Waals surface area contributed by atoms with Crippen LogP contribution >= 0.6 is 11.8 Å². The number of carboxylic acid groups (broad SMARTS) is 1. The normalized spacial score (nSPS) is 12.9. The number of nitrogens with one attached hydrogen (secondary N) is 3. The fraction of sp³-hybridized carbons (Fsp3) is 0.269. The van der Waals surface area contributed by atoms with Crippen molar-refractivity contribution >= 4 is 29.7 Å². The van der Waals surface area contributed by atoms with Crippen molar-refractivity contribution in [2.45, 2.75) is 18.4 Å². The molecule has 8 nitrogen and oxygen atoms in total. The van der Waals surface area contributed by atoms with E-state index < -0.39 is 18.1 Å². The van der Waals surface area contributed by atoms with Gasteiger partial charge < -0.3 is 25.5 Å². The van der Waals surface area contributed by atoms with Crippen molar-refractivity contribution in [2.24, 2.45) is 0 Å². The van der Waals surface area contributed by atoms with Crippen LogP contribution in [-0.2, 0) is 20.7 Å². The third-order valence-electron chi connectivity index (χ3n) is 5.81. The summed E-state index contributed by atoms with van der Waals surface area (Å²) in [7, 11) is 0. The lowest BCUT2D eigenvalue weighted by Crippen LogP contribution is -2.48. The molecule has 2 aromatic carbocycles. The quantitative estimate of drug-likeness (QED) is 0.304. The number of fused-ring (bicyclic) bond motifs is 3. The number of carboxylic acids is 1. The lowest BCUT2D eigenvalue weighted by Gasteiger charge is -2.19. The number of aromatic amines is 1. The Hall–Kier alpha value is -3.72. The van der Waals surface area contributed by atoms with Gasteiger partial charge in [0.05, 0.1) is 5.75 Å². The number of rotatable bonds is 11. The van der Waals surface area contributed by atoms with Gasteiger partial charge in [-0.15, -0.1) is 11.8 Å². The molecule has 0 spiro atoms. The summed E-state index contributed by atoms with van der Waals surface area (Å²) in [5.41, 5.74) is 5.30. The molecule has 35 heavy (non-hydrogen) atoms. The Morgan fingerprint density at radius 2 is 1.69 bits per heavy atom. The molecule has 9 heteroatoms. The van der Waals surface area contributed by atoms with E-state index in [1.54, 1.807) is 6.20 Å². The smallest absolute Gasteiger partial charge is 0.407 e. The Morgan fingerprint density at radius 1 is 1.00 bits per heavy atom. The second kappa shape index (κ2) is 11.6. The highest BCUT2D eigenvalue weighted by molar-refractivity contribution is 7.99. The van der Waals surface area contributed by atoms with Crippen LogP contribution < -0.4 is 10.6 Å². The molecular weight excluding hydrogens is 466 g/mol. The Balaban J connectivity index is 1.36. The number of carbonyl (C=O) groups is 3. The van der Waals surface area contributed by atoms with Crippen molar-refractivity contribution < 1.29 is 24.2 Å². The molecule has 0 saturated heterocycles. The molecule has 4 N–H and O–H groups in total. The van der Waals surface area contributed by atoms with Gasteiger partial charge in [-0.25, -0.2) is 4.79 Å². The zero-order valence-corrected chi connectivity index (χ0v) is 19.8. The number of aliphatic carboxylic acids is 1. The van der Waals surface area contributed by atoms with Gasteiger partial charge in [-0.05, 0) is 34.4 Å². The van der Waals surface area contributed by atoms with Crippen LogP contribution in [0.3, 0.4) is 0 Å². The molecule has 1 aromatic heterocycles. The molecule has 2 amide bonds. The second-order valence-corrected chi connectivity index (χ2v) is 9.26. The molecular formula is C26H27N3O5S. The van der Waals surface area contributed by atoms with Crippen LogP contribution in [0.1, 0.15) is 22.7 Å². The van der Waals surface area contributed by atoms with E-state index in [0.29, 0.717) is 12.3 Å². The maximum Gasteiger partial charge on any atom is 0.407 e. The summed E-state index contributed by atoms with van der Waals surface area (Å²) in [4.78, 5) is 39.2. The number of aromatic nitrogens is 1. The zero-order chi connectivity index (χ0) is 24.6. The van der Waals surface area contributed by atoms with Gasteiger partial charge >= 0.3 is 12.1 Å². The molecule has 0 saturated carbocycles. The Bertz CT molecular complexity index is 1140. The monoisotopic (exact) mass is 493 g/mol. The summed E-state index contributed by atoms with van der Waals surface area (Å²) < 4.78 is 5.60. The summed E-state index contributed by atoms with van der Waals surface area (Å²) in [6.45, 7) is 0.451. The summed E-state index contributed by atoms with van der Waals surface area (Å²) >= 11 is 1.21. The molecule has 1 atom stereocenters. The summed E-state index contributed by atoms with van der Waals surface area (Å²) in [5, 5.41) is 14.2. The lowest BCUT2D eigenvalue weighted by molar-refractivity contribution is -0.133. The van der Waals surface area contributed by atoms with Crippen molar-refractivity contribution in [2.75, 3.05) is 24.7 Å². The van der Waals surface area contributed by atoms with E-state index in [0.717, 1.165) is 27.9 Å². The number of hydrogen-bond acceptors (Lipinski definition) is 5. The molecule has 0 radical (unpaired) electrons. The van der Waals surface area contributed by atoms with Crippen molar-refractivity contribution in [1.29, 1.82) is 0 Å². The Labute approximate surface area is 207 Å². The van der Waals surface area contributed by atoms with Crippen LogP contribution in [0.2, 0.25) is 0 Å². The minimum absolute atomic E-state index is 0.0280. The molecule has 4 rings (SSSR count). The predicted molar refractivity (Wildman–Crippen MR) is 134 cm³/mol. The lowest BCUT2D eigenvalue weighted by atomic mass is 9.98. The fourth-order valence-corrected chi connectivity index (χ4v) is 4.80. The molecule has 182 valence electrons. The van der Waals surface area contributed by atoms with Gasteiger partial charge in [0.2, 0.25) is 5.91 Å². The van der Waals surface area contributed by atoms with Gasteiger partial charge in [-0.2, -0.15) is 0 Å². The molecule has 1 aliphatic rings. The van der Waals surface area contributed by atoms with Gasteiger partial charge in [-0.1, -0.05) is 48.5 Å². The van der Waals surface area contributed by atoms with Crippen molar-refractivity contribution in [1.82, 2.24) is 15.6 Å². The van der Waals surface area contributed by atoms with Gasteiger partial charge in [0.25, 0.3) is 0 Å². The summed E-state index contributed by atoms with van der Waals surface area (Å²) in [6.07, 6.45) is 1.35. The number of carbonyl (C=O) groups excluding carboxylic acids is 2. The highest BCUT2D eigenvalue weighted by atomic mass is 32.2. The van der Waals surface area contributed by atoms with E-state index in [2.05, 4.69) is 27.8 Å². The number of ether oxygens (including phenoxy) is 1. The van der Waals surface area contributed by atoms with E-state index in [1.165, 1.54) is 11.8 Å². The van der Waals surface area contributed by atoms with Crippen LogP contribution in [0.5, 0.6) is 0 Å². The molecule has 1 aliphatic carbocycles. The average Bonchev–Trinajstić information content (AvgIpc) is 3.48. The minimum Gasteiger partial charge on any atom is -0.481 e. The van der Waals surface area contributed by atoms with E-state index >= 15 is 0 Å². The molecule has 3 aromatic rings. The minimum atomic E-state index is -0.900. The molecule has 0 fully saturated rings. The first-order valence-corrected chi connectivity index (χ1v) is 12.5. The van der Waals surface area contributed by atoms with Crippen molar-refractivity contribution in [3.8, 4) is 11.1 Å². The van der Waals surface area contributed by atoms with Gasteiger partial charge in [0.15, 0.2) is 0 Å². The summed E-state index contributed by atoms with van der Waals surface area (Å²) in [5.74, 6) is -0.903. The van der Waals surface area contributed by atoms with Crippen LogP contribution in [0.15, 0.2) is 66.9 Å². The van der Waals surface area contributed by atoms with Gasteiger partial charge in [-0.3, -0.25) is 9.59 Å². The fourth-order valence-electron chi connectivity index (χ4n) is 4.24. The summed E-state index contributed by atoms with van der Waals surface area (Å²) in [6, 6.07) is 19.0. The predicted octanol–water partition coefficient (Wildman–Crippen LogP) is 3.40. The number of benzene rings is 2. The zero-order valence-electron chi connectivity index (χ0n) is 19.0. The van der Waals surface area contributed by atoms with E-state index in [4.69, 9.17) is 9.84 Å². The van der Waals surface area contributed by atoms with Gasteiger partial charge in [0, 0.05) is 36.5 Å². The number of alkyl carbamates (subject to hydrolysis) is 1. The third-order valence-corrected chi connectivity index (χ3v) is 6.75. The highest BCUT2D eigenvalue weighted by Gasteiger charge is 2.30. The average molecular weight is 494 g/mol. The van der Waals surface area contributed by atoms with Crippen LogP contribution in [0.25, 0.3) is 11.1 Å². The molecule has 0 bridgehead atoms. The number of H-pyrrole nitrogens is 1. The van der Waals surface area contributed by atoms with E-state index in [-0.39, 0.29) is 30.6 Å². The topological polar surface area (TPSA) is 121 Å². The highest BCUT2D eigenvalue weighted by Crippen LogP contribution is 2.44. The number of thioether (sulfide) groups is 1. The van der Waals surface area contributed by atoms with E-state index in [9.17, 15) is 14.4 Å². The maximum atomic E-state index is 12.8. The first kappa shape index (κ1) is 24.4. The van der Waals surface area contributed by atoms with Crippen molar-refractivity contribution in [3.05, 3.63) is 83.7 Å². The van der Waals surface area contributed by atoms with E-state index in [1.807, 2.05) is 48.5 Å². The molecule has 1 unspecified atom stereocenters. The molecule has 1 heterocycles. The number of amides is 2. The van der Waals surface area contributed by atoms with Crippen LogP contribution in [0, 0.1) is 0 Å².